The molecule has 1 amide bonds. The van der Waals surface area contributed by atoms with Gasteiger partial charge in [-0.15, -0.1) is 0 Å². The summed E-state index contributed by atoms with van der Waals surface area (Å²) in [5, 5.41) is 0. The maximum absolute atomic E-state index is 10.6. The second kappa shape index (κ2) is 4.91. The Balaban J connectivity index is 4.14. The van der Waals surface area contributed by atoms with Gasteiger partial charge < -0.3 is 10.5 Å². The Labute approximate surface area is 67.2 Å². The monoisotopic (exact) mass is 157 g/mol. The van der Waals surface area contributed by atoms with E-state index in [0.717, 1.165) is 6.42 Å². The molecule has 0 aliphatic rings. The van der Waals surface area contributed by atoms with Crippen molar-refractivity contribution in [2.45, 2.75) is 26.4 Å². The molecule has 3 heteroatoms. The summed E-state index contributed by atoms with van der Waals surface area (Å²) in [6, 6.07) is 0. The van der Waals surface area contributed by atoms with Crippen molar-refractivity contribution in [2.24, 2.45) is 5.73 Å². The van der Waals surface area contributed by atoms with E-state index in [2.05, 4.69) is 0 Å². The molecule has 1 atom stereocenters. The molecular weight excluding hydrogens is 142 g/mol. The van der Waals surface area contributed by atoms with E-state index in [-0.39, 0.29) is 12.0 Å². The van der Waals surface area contributed by atoms with Crippen LogP contribution >= 0.6 is 0 Å². The highest BCUT2D eigenvalue weighted by atomic mass is 16.5. The highest BCUT2D eigenvalue weighted by Crippen LogP contribution is 2.02. The third-order valence-electron chi connectivity index (χ3n) is 1.53. The highest BCUT2D eigenvalue weighted by molar-refractivity contribution is 5.91. The van der Waals surface area contributed by atoms with Gasteiger partial charge in [-0.05, 0) is 19.4 Å². The van der Waals surface area contributed by atoms with Crippen LogP contribution in [0.4, 0.5) is 0 Å². The number of nitrogens with two attached hydrogens (primary N) is 1. The summed E-state index contributed by atoms with van der Waals surface area (Å²) >= 11 is 0. The van der Waals surface area contributed by atoms with Gasteiger partial charge in [-0.25, -0.2) is 0 Å². The molecule has 0 saturated heterocycles. The molecule has 0 heterocycles. The van der Waals surface area contributed by atoms with Gasteiger partial charge in [0.1, 0.15) is 0 Å². The van der Waals surface area contributed by atoms with Crippen LogP contribution in [-0.4, -0.2) is 19.1 Å². The summed E-state index contributed by atoms with van der Waals surface area (Å²) in [6.07, 6.45) is 2.59. The van der Waals surface area contributed by atoms with E-state index in [0.29, 0.717) is 5.57 Å². The molecule has 0 saturated carbocycles. The van der Waals surface area contributed by atoms with Crippen molar-refractivity contribution in [3.63, 3.8) is 0 Å². The smallest absolute Gasteiger partial charge is 0.244 e. The first-order valence-electron chi connectivity index (χ1n) is 3.62. The molecule has 2 N–H and O–H groups in total. The Morgan fingerprint density at radius 3 is 2.55 bits per heavy atom. The number of methoxy groups -OCH3 is 1. The zero-order chi connectivity index (χ0) is 8.85. The normalized spacial score (nSPS) is 14.6. The molecule has 0 aromatic rings. The molecular formula is C8H15NO2. The maximum atomic E-state index is 10.6. The van der Waals surface area contributed by atoms with E-state index < -0.39 is 0 Å². The summed E-state index contributed by atoms with van der Waals surface area (Å²) in [5.41, 5.74) is 5.59. The van der Waals surface area contributed by atoms with Gasteiger partial charge in [0.05, 0.1) is 6.10 Å². The van der Waals surface area contributed by atoms with Crippen molar-refractivity contribution < 1.29 is 9.53 Å². The minimum atomic E-state index is -0.388. The Bertz CT molecular complexity index is 159. The van der Waals surface area contributed by atoms with E-state index in [1.54, 1.807) is 20.1 Å². The second-order valence-electron chi connectivity index (χ2n) is 2.40. The van der Waals surface area contributed by atoms with Gasteiger partial charge >= 0.3 is 0 Å². The van der Waals surface area contributed by atoms with Gasteiger partial charge in [0, 0.05) is 12.7 Å². The molecule has 0 aromatic carbocycles. The molecule has 0 radical (unpaired) electrons. The molecule has 0 aliphatic carbocycles. The summed E-state index contributed by atoms with van der Waals surface area (Å²) in [7, 11) is 1.61. The molecule has 1 unspecified atom stereocenters. The number of carbonyl (C=O) groups is 1. The van der Waals surface area contributed by atoms with Crippen molar-refractivity contribution in [1.29, 1.82) is 0 Å². The standard InChI is InChI=1S/C8H15NO2/c1-4-7(11-3)5-6(2)8(9)10/h5,7H,4H2,1-3H3,(H2,9,10)/b6-5-. The fraction of sp³-hybridized carbons (Fsp3) is 0.625. The number of amides is 1. The Hall–Kier alpha value is -0.830. The van der Waals surface area contributed by atoms with E-state index >= 15 is 0 Å². The summed E-state index contributed by atoms with van der Waals surface area (Å²) in [6.45, 7) is 3.67. The zero-order valence-electron chi connectivity index (χ0n) is 7.26. The van der Waals surface area contributed by atoms with Crippen molar-refractivity contribution in [2.75, 3.05) is 7.11 Å². The quantitative estimate of drug-likeness (QED) is 0.615. The summed E-state index contributed by atoms with van der Waals surface area (Å²) in [5.74, 6) is -0.388. The van der Waals surface area contributed by atoms with Crippen LogP contribution in [0.2, 0.25) is 0 Å². The van der Waals surface area contributed by atoms with E-state index in [1.807, 2.05) is 6.92 Å². The first-order valence-corrected chi connectivity index (χ1v) is 3.62. The van der Waals surface area contributed by atoms with Crippen LogP contribution in [0.25, 0.3) is 0 Å². The largest absolute Gasteiger partial charge is 0.377 e. The second-order valence-corrected chi connectivity index (χ2v) is 2.40. The van der Waals surface area contributed by atoms with Crippen LogP contribution in [0.3, 0.4) is 0 Å². The summed E-state index contributed by atoms with van der Waals surface area (Å²) < 4.78 is 5.04. The van der Waals surface area contributed by atoms with Gasteiger partial charge in [-0.3, -0.25) is 4.79 Å². The van der Waals surface area contributed by atoms with Crippen molar-refractivity contribution in [1.82, 2.24) is 0 Å². The average Bonchev–Trinajstić information content (AvgIpc) is 1.99. The van der Waals surface area contributed by atoms with Crippen LogP contribution in [0.1, 0.15) is 20.3 Å². The molecule has 0 rings (SSSR count). The maximum Gasteiger partial charge on any atom is 0.244 e. The van der Waals surface area contributed by atoms with Crippen LogP contribution in [0.5, 0.6) is 0 Å². The molecule has 0 aliphatic heterocycles. The molecule has 0 fully saturated rings. The molecule has 0 aromatic heterocycles. The van der Waals surface area contributed by atoms with Crippen molar-refractivity contribution in [3.05, 3.63) is 11.6 Å². The number of ether oxygens (including phenoxy) is 1. The number of rotatable bonds is 4. The highest BCUT2D eigenvalue weighted by Gasteiger charge is 2.03. The van der Waals surface area contributed by atoms with Gasteiger partial charge in [-0.2, -0.15) is 0 Å². The lowest BCUT2D eigenvalue weighted by molar-refractivity contribution is -0.114. The van der Waals surface area contributed by atoms with Gasteiger partial charge in [0.15, 0.2) is 0 Å². The van der Waals surface area contributed by atoms with Crippen LogP contribution in [-0.2, 0) is 9.53 Å². The van der Waals surface area contributed by atoms with Crippen molar-refractivity contribution >= 4 is 5.91 Å². The molecule has 64 valence electrons. The predicted octanol–water partition coefficient (Wildman–Crippen LogP) is 0.843. The SMILES string of the molecule is CCC(/C=C(/C)C(N)=O)OC. The third-order valence-corrected chi connectivity index (χ3v) is 1.53. The van der Waals surface area contributed by atoms with Gasteiger partial charge in [0.25, 0.3) is 0 Å². The number of primary amides is 1. The van der Waals surface area contributed by atoms with E-state index in [4.69, 9.17) is 10.5 Å². The molecule has 11 heavy (non-hydrogen) atoms. The Morgan fingerprint density at radius 2 is 2.27 bits per heavy atom. The van der Waals surface area contributed by atoms with Gasteiger partial charge in [0.2, 0.25) is 5.91 Å². The summed E-state index contributed by atoms with van der Waals surface area (Å²) in [4.78, 5) is 10.6. The number of carbonyl (C=O) groups excluding carboxylic acids is 1. The van der Waals surface area contributed by atoms with Crippen LogP contribution in [0.15, 0.2) is 11.6 Å². The Kier molecular flexibility index (Phi) is 4.54. The molecule has 0 spiro atoms. The lowest BCUT2D eigenvalue weighted by Gasteiger charge is -2.07. The predicted molar refractivity (Wildman–Crippen MR) is 44.0 cm³/mol. The first-order chi connectivity index (χ1) is 5.11. The lowest BCUT2D eigenvalue weighted by atomic mass is 10.2. The zero-order valence-corrected chi connectivity index (χ0v) is 7.26. The third kappa shape index (κ3) is 3.78. The Morgan fingerprint density at radius 1 is 1.73 bits per heavy atom. The van der Waals surface area contributed by atoms with E-state index in [1.165, 1.54) is 0 Å². The van der Waals surface area contributed by atoms with Crippen LogP contribution in [0, 0.1) is 0 Å². The topological polar surface area (TPSA) is 52.3 Å². The number of hydrogen-bond acceptors (Lipinski definition) is 2. The number of hydrogen-bond donors (Lipinski definition) is 1. The average molecular weight is 157 g/mol. The fourth-order valence-electron chi connectivity index (χ4n) is 0.714. The first kappa shape index (κ1) is 10.2. The molecule has 0 bridgehead atoms. The van der Waals surface area contributed by atoms with E-state index in [9.17, 15) is 4.79 Å². The lowest BCUT2D eigenvalue weighted by Crippen LogP contribution is -2.15. The van der Waals surface area contributed by atoms with Crippen molar-refractivity contribution in [3.8, 4) is 0 Å². The fourth-order valence-corrected chi connectivity index (χ4v) is 0.714. The van der Waals surface area contributed by atoms with Crippen LogP contribution < -0.4 is 5.73 Å². The minimum absolute atomic E-state index is 0.00231. The molecule has 3 nitrogen and oxygen atoms in total. The van der Waals surface area contributed by atoms with Gasteiger partial charge in [-0.1, -0.05) is 6.92 Å². The minimum Gasteiger partial charge on any atom is -0.377 e.